The number of aliphatic hydroxyl groups is 1. The van der Waals surface area contributed by atoms with Gasteiger partial charge in [0, 0.05) is 31.1 Å². The van der Waals surface area contributed by atoms with E-state index in [-0.39, 0.29) is 30.4 Å². The molecule has 4 aromatic rings. The molecule has 5 N–H and O–H groups in total. The van der Waals surface area contributed by atoms with Gasteiger partial charge < -0.3 is 35.8 Å². The average Bonchev–Trinajstić information content (AvgIpc) is 3.10. The lowest BCUT2D eigenvalue weighted by molar-refractivity contribution is 0.0519. The number of anilines is 3. The Bertz CT molecular complexity index is 1410. The van der Waals surface area contributed by atoms with E-state index in [0.717, 1.165) is 6.42 Å². The van der Waals surface area contributed by atoms with Crippen molar-refractivity contribution in [1.82, 2.24) is 20.3 Å². The van der Waals surface area contributed by atoms with Gasteiger partial charge >= 0.3 is 0 Å². The number of hydrogen-bond acceptors (Lipinski definition) is 10. The van der Waals surface area contributed by atoms with Crippen LogP contribution in [-0.2, 0) is 9.47 Å². The molecule has 0 radical (unpaired) electrons. The van der Waals surface area contributed by atoms with Crippen molar-refractivity contribution in [1.29, 1.82) is 0 Å². The van der Waals surface area contributed by atoms with E-state index in [2.05, 4.69) is 84.8 Å². The second-order valence-electron chi connectivity index (χ2n) is 11.3. The third kappa shape index (κ3) is 12.3. The Balaban J connectivity index is 1.24. The monoisotopic (exact) mass is 641 g/mol. The van der Waals surface area contributed by atoms with E-state index < -0.39 is 0 Å². The van der Waals surface area contributed by atoms with Crippen LogP contribution < -0.4 is 21.3 Å². The lowest BCUT2D eigenvalue weighted by Gasteiger charge is -2.21. The standard InChI is InChI=1S/C36H47N7O4/c1-27(2)32(26-44)40-36-42-34(38-19-18-31(28-12-6-3-7-13-28)29-14-8-4-9-15-29)41-35(43-36)39-21-23-47-25-24-46-22-20-37-33(45)30-16-10-5-11-17-30/h3-17,27,31-32,44H,18-26H2,1-2H3,(H,37,45)(H3,38,39,40,41,42,43)/t32-/m1/s1. The maximum atomic E-state index is 12.1. The van der Waals surface area contributed by atoms with Gasteiger partial charge in [-0.3, -0.25) is 4.79 Å². The quantitative estimate of drug-likeness (QED) is 0.0805. The summed E-state index contributed by atoms with van der Waals surface area (Å²) >= 11 is 0. The third-order valence-corrected chi connectivity index (χ3v) is 7.54. The SMILES string of the molecule is CC(C)[C@@H](CO)Nc1nc(NCCOCCOCCNC(=O)c2ccccc2)nc(NCCC(c2ccccc2)c2ccccc2)n1. The molecule has 1 atom stereocenters. The molecule has 0 aliphatic carbocycles. The fourth-order valence-electron chi connectivity index (χ4n) is 4.90. The van der Waals surface area contributed by atoms with Crippen LogP contribution in [-0.4, -0.2) is 84.7 Å². The van der Waals surface area contributed by atoms with Crippen LogP contribution >= 0.6 is 0 Å². The summed E-state index contributed by atoms with van der Waals surface area (Å²) in [5.41, 5.74) is 3.13. The number of amides is 1. The first-order chi connectivity index (χ1) is 23.0. The summed E-state index contributed by atoms with van der Waals surface area (Å²) in [6, 6.07) is 29.9. The number of hydrogen-bond donors (Lipinski definition) is 5. The van der Waals surface area contributed by atoms with Gasteiger partial charge in [-0.1, -0.05) is 92.7 Å². The zero-order valence-corrected chi connectivity index (χ0v) is 27.3. The summed E-state index contributed by atoms with van der Waals surface area (Å²) in [6.07, 6.45) is 0.839. The first kappa shape index (κ1) is 35.3. The van der Waals surface area contributed by atoms with Crippen LogP contribution in [0, 0.1) is 5.92 Å². The zero-order chi connectivity index (χ0) is 33.1. The van der Waals surface area contributed by atoms with E-state index in [1.807, 2.05) is 44.2 Å². The number of aliphatic hydroxyl groups excluding tert-OH is 1. The Hall–Kier alpha value is -4.58. The van der Waals surface area contributed by atoms with E-state index in [4.69, 9.17) is 9.47 Å². The normalized spacial score (nSPS) is 11.8. The van der Waals surface area contributed by atoms with Gasteiger partial charge in [-0.25, -0.2) is 0 Å². The smallest absolute Gasteiger partial charge is 0.251 e. The summed E-state index contributed by atoms with van der Waals surface area (Å²) in [6.45, 7) is 7.23. The fourth-order valence-corrected chi connectivity index (χ4v) is 4.90. The second kappa shape index (κ2) is 19.8. The van der Waals surface area contributed by atoms with Gasteiger partial charge in [0.05, 0.1) is 39.1 Å². The van der Waals surface area contributed by atoms with Crippen molar-refractivity contribution in [2.75, 3.05) is 68.6 Å². The van der Waals surface area contributed by atoms with Gasteiger partial charge in [0.1, 0.15) is 0 Å². The van der Waals surface area contributed by atoms with Crippen LogP contribution in [0.3, 0.4) is 0 Å². The van der Waals surface area contributed by atoms with Crippen LogP contribution in [0.4, 0.5) is 17.8 Å². The number of carbonyl (C=O) groups is 1. The van der Waals surface area contributed by atoms with Crippen LogP contribution in [0.1, 0.15) is 47.7 Å². The lowest BCUT2D eigenvalue weighted by Crippen LogP contribution is -2.30. The third-order valence-electron chi connectivity index (χ3n) is 7.54. The molecule has 0 fully saturated rings. The van der Waals surface area contributed by atoms with Crippen LogP contribution in [0.2, 0.25) is 0 Å². The molecule has 11 nitrogen and oxygen atoms in total. The largest absolute Gasteiger partial charge is 0.394 e. The molecule has 0 bridgehead atoms. The number of ether oxygens (including phenoxy) is 2. The lowest BCUT2D eigenvalue weighted by atomic mass is 9.88. The topological polar surface area (TPSA) is 143 Å². The van der Waals surface area contributed by atoms with Crippen molar-refractivity contribution in [2.24, 2.45) is 5.92 Å². The zero-order valence-electron chi connectivity index (χ0n) is 27.3. The van der Waals surface area contributed by atoms with Crippen molar-refractivity contribution in [3.05, 3.63) is 108 Å². The Kier molecular flexibility index (Phi) is 14.9. The number of rotatable bonds is 21. The van der Waals surface area contributed by atoms with Gasteiger partial charge in [-0.2, -0.15) is 15.0 Å². The number of carbonyl (C=O) groups excluding carboxylic acids is 1. The molecular weight excluding hydrogens is 594 g/mol. The summed E-state index contributed by atoms with van der Waals surface area (Å²) in [4.78, 5) is 25.8. The van der Waals surface area contributed by atoms with Crippen molar-refractivity contribution < 1.29 is 19.4 Å². The molecule has 1 aromatic heterocycles. The second-order valence-corrected chi connectivity index (χ2v) is 11.3. The first-order valence-corrected chi connectivity index (χ1v) is 16.2. The van der Waals surface area contributed by atoms with E-state index >= 15 is 0 Å². The number of benzene rings is 3. The van der Waals surface area contributed by atoms with E-state index in [9.17, 15) is 9.90 Å². The highest BCUT2D eigenvalue weighted by Crippen LogP contribution is 2.27. The minimum absolute atomic E-state index is 0.0417. The molecule has 0 saturated carbocycles. The molecule has 0 spiro atoms. The molecule has 1 amide bonds. The van der Waals surface area contributed by atoms with E-state index in [1.54, 1.807) is 12.1 Å². The molecule has 0 aliphatic heterocycles. The van der Waals surface area contributed by atoms with Gasteiger partial charge in [-0.05, 0) is 35.6 Å². The van der Waals surface area contributed by atoms with E-state index in [1.165, 1.54) is 11.1 Å². The van der Waals surface area contributed by atoms with Gasteiger partial charge in [-0.15, -0.1) is 0 Å². The van der Waals surface area contributed by atoms with Gasteiger partial charge in [0.15, 0.2) is 0 Å². The predicted molar refractivity (Wildman–Crippen MR) is 186 cm³/mol. The maximum Gasteiger partial charge on any atom is 0.251 e. The molecule has 0 aliphatic rings. The van der Waals surface area contributed by atoms with Crippen LogP contribution in [0.25, 0.3) is 0 Å². The summed E-state index contributed by atoms with van der Waals surface area (Å²) in [5, 5.41) is 22.6. The maximum absolute atomic E-state index is 12.1. The number of nitrogens with one attached hydrogen (secondary N) is 4. The fraction of sp³-hybridized carbons (Fsp3) is 0.389. The van der Waals surface area contributed by atoms with Crippen molar-refractivity contribution in [2.45, 2.75) is 32.2 Å². The molecule has 47 heavy (non-hydrogen) atoms. The average molecular weight is 642 g/mol. The number of aromatic nitrogens is 3. The molecule has 11 heteroatoms. The summed E-state index contributed by atoms with van der Waals surface area (Å²) < 4.78 is 11.3. The highest BCUT2D eigenvalue weighted by atomic mass is 16.5. The summed E-state index contributed by atoms with van der Waals surface area (Å²) in [7, 11) is 0. The Morgan fingerprint density at radius 1 is 0.681 bits per heavy atom. The minimum Gasteiger partial charge on any atom is -0.394 e. The molecular formula is C36H47N7O4. The first-order valence-electron chi connectivity index (χ1n) is 16.2. The van der Waals surface area contributed by atoms with Gasteiger partial charge in [0.25, 0.3) is 5.91 Å². The highest BCUT2D eigenvalue weighted by Gasteiger charge is 2.17. The molecule has 1 heterocycles. The summed E-state index contributed by atoms with van der Waals surface area (Å²) in [5.74, 6) is 1.51. The molecule has 0 unspecified atom stereocenters. The minimum atomic E-state index is -0.200. The molecule has 250 valence electrons. The molecule has 0 saturated heterocycles. The molecule has 4 rings (SSSR count). The Morgan fingerprint density at radius 3 is 1.74 bits per heavy atom. The van der Waals surface area contributed by atoms with Gasteiger partial charge in [0.2, 0.25) is 17.8 Å². The highest BCUT2D eigenvalue weighted by molar-refractivity contribution is 5.94. The number of nitrogens with zero attached hydrogens (tertiary/aromatic N) is 3. The van der Waals surface area contributed by atoms with Crippen molar-refractivity contribution in [3.63, 3.8) is 0 Å². The van der Waals surface area contributed by atoms with Crippen molar-refractivity contribution in [3.8, 4) is 0 Å². The molecule has 3 aromatic carbocycles. The van der Waals surface area contributed by atoms with Crippen molar-refractivity contribution >= 4 is 23.8 Å². The Morgan fingerprint density at radius 2 is 1.19 bits per heavy atom. The predicted octanol–water partition coefficient (Wildman–Crippen LogP) is 4.81. The Labute approximate surface area is 277 Å². The van der Waals surface area contributed by atoms with Crippen LogP contribution in [0.5, 0.6) is 0 Å². The van der Waals surface area contributed by atoms with Crippen LogP contribution in [0.15, 0.2) is 91.0 Å². The van der Waals surface area contributed by atoms with E-state index in [0.29, 0.717) is 69.5 Å².